The minimum Gasteiger partial charge on any atom is -0.459 e. The molecular weight excluding hydrogens is 272 g/mol. The van der Waals surface area contributed by atoms with Gasteiger partial charge in [-0.1, -0.05) is 0 Å². The largest absolute Gasteiger partial charge is 0.459 e. The van der Waals surface area contributed by atoms with Crippen LogP contribution in [0.2, 0.25) is 0 Å². The summed E-state index contributed by atoms with van der Waals surface area (Å²) in [6.07, 6.45) is 0. The first-order chi connectivity index (χ1) is 8.62. The van der Waals surface area contributed by atoms with Crippen LogP contribution in [-0.4, -0.2) is 56.6 Å². The molecule has 1 rings (SSSR count). The Morgan fingerprint density at radius 1 is 1.32 bits per heavy atom. The van der Waals surface area contributed by atoms with Crippen LogP contribution in [0.4, 0.5) is 0 Å². The predicted molar refractivity (Wildman–Crippen MR) is 69.8 cm³/mol. The molecule has 19 heavy (non-hydrogen) atoms. The molecule has 0 amide bonds. The predicted octanol–water partition coefficient (Wildman–Crippen LogP) is -0.117. The van der Waals surface area contributed by atoms with Gasteiger partial charge >= 0.3 is 5.97 Å². The van der Waals surface area contributed by atoms with Crippen LogP contribution in [0.25, 0.3) is 0 Å². The van der Waals surface area contributed by atoms with Crippen LogP contribution in [0.5, 0.6) is 0 Å². The number of carbonyl (C=O) groups is 1. The van der Waals surface area contributed by atoms with Crippen LogP contribution in [0.15, 0.2) is 0 Å². The molecule has 0 aliphatic carbocycles. The summed E-state index contributed by atoms with van der Waals surface area (Å²) in [5, 5.41) is 0. The Morgan fingerprint density at radius 2 is 1.84 bits per heavy atom. The van der Waals surface area contributed by atoms with Gasteiger partial charge in [-0.2, -0.15) is 17.4 Å². The highest BCUT2D eigenvalue weighted by molar-refractivity contribution is 7.87. The number of carbonyl (C=O) groups excluding carboxylic acids is 1. The number of esters is 1. The zero-order chi connectivity index (χ0) is 14.7. The van der Waals surface area contributed by atoms with Gasteiger partial charge in [0.15, 0.2) is 0 Å². The second-order valence-corrected chi connectivity index (χ2v) is 7.09. The number of hydrogen-bond acceptors (Lipinski definition) is 5. The molecule has 1 atom stereocenters. The number of nitrogens with zero attached hydrogens (tertiary/aromatic N) is 1. The highest BCUT2D eigenvalue weighted by Crippen LogP contribution is 2.10. The third kappa shape index (κ3) is 5.43. The number of hydrogen-bond donors (Lipinski definition) is 1. The Balaban J connectivity index is 2.59. The van der Waals surface area contributed by atoms with Gasteiger partial charge in [-0.25, -0.2) is 0 Å². The number of rotatable bonds is 4. The van der Waals surface area contributed by atoms with Crippen molar-refractivity contribution < 1.29 is 22.7 Å². The van der Waals surface area contributed by atoms with Gasteiger partial charge in [-0.05, 0) is 27.7 Å². The Kier molecular flexibility index (Phi) is 5.31. The molecule has 0 aromatic rings. The molecule has 0 unspecified atom stereocenters. The summed E-state index contributed by atoms with van der Waals surface area (Å²) in [7, 11) is -3.68. The van der Waals surface area contributed by atoms with Gasteiger partial charge in [0, 0.05) is 13.1 Å². The maximum atomic E-state index is 12.0. The van der Waals surface area contributed by atoms with Crippen LogP contribution in [0.3, 0.4) is 0 Å². The van der Waals surface area contributed by atoms with Crippen molar-refractivity contribution in [3.8, 4) is 0 Å². The smallest absolute Gasteiger partial charge is 0.324 e. The van der Waals surface area contributed by atoms with E-state index in [0.717, 1.165) is 0 Å². The summed E-state index contributed by atoms with van der Waals surface area (Å²) in [5.74, 6) is -0.593. The fourth-order valence-corrected chi connectivity index (χ4v) is 2.85. The van der Waals surface area contributed by atoms with Crippen molar-refractivity contribution in [2.24, 2.45) is 0 Å². The number of ether oxygens (including phenoxy) is 2. The Morgan fingerprint density at radius 3 is 2.32 bits per heavy atom. The molecule has 0 saturated carbocycles. The molecular formula is C11H22N2O5S. The van der Waals surface area contributed by atoms with E-state index in [2.05, 4.69) is 4.72 Å². The molecule has 0 aromatic carbocycles. The third-order valence-corrected chi connectivity index (χ3v) is 4.09. The fourth-order valence-electron chi connectivity index (χ4n) is 1.52. The Bertz CT molecular complexity index is 409. The maximum Gasteiger partial charge on any atom is 0.324 e. The Hall–Kier alpha value is -0.700. The molecule has 1 fully saturated rings. The summed E-state index contributed by atoms with van der Waals surface area (Å²) in [6, 6.07) is -0.924. The molecule has 1 aliphatic heterocycles. The lowest BCUT2D eigenvalue weighted by Crippen LogP contribution is -2.51. The lowest BCUT2D eigenvalue weighted by atomic mass is 10.2. The van der Waals surface area contributed by atoms with Crippen molar-refractivity contribution >= 4 is 16.2 Å². The average molecular weight is 294 g/mol. The summed E-state index contributed by atoms with van der Waals surface area (Å²) < 4.78 is 37.8. The molecule has 1 saturated heterocycles. The van der Waals surface area contributed by atoms with E-state index in [1.165, 1.54) is 11.2 Å². The molecule has 0 aromatic heterocycles. The van der Waals surface area contributed by atoms with E-state index in [-0.39, 0.29) is 13.1 Å². The van der Waals surface area contributed by atoms with E-state index in [9.17, 15) is 13.2 Å². The van der Waals surface area contributed by atoms with Crippen LogP contribution in [0, 0.1) is 0 Å². The topological polar surface area (TPSA) is 84.9 Å². The van der Waals surface area contributed by atoms with E-state index < -0.39 is 27.8 Å². The second-order valence-electron chi connectivity index (χ2n) is 5.39. The molecule has 1 aliphatic rings. The Labute approximate surface area is 114 Å². The molecule has 0 bridgehead atoms. The zero-order valence-electron chi connectivity index (χ0n) is 11.8. The van der Waals surface area contributed by atoms with Gasteiger partial charge in [0.05, 0.1) is 13.2 Å². The average Bonchev–Trinajstić information content (AvgIpc) is 2.27. The molecule has 1 N–H and O–H groups in total. The monoisotopic (exact) mass is 294 g/mol. The first kappa shape index (κ1) is 16.4. The van der Waals surface area contributed by atoms with Crippen LogP contribution < -0.4 is 4.72 Å². The fraction of sp³-hybridized carbons (Fsp3) is 0.909. The summed E-state index contributed by atoms with van der Waals surface area (Å²) in [4.78, 5) is 11.7. The van der Waals surface area contributed by atoms with E-state index in [1.807, 2.05) is 0 Å². The maximum absolute atomic E-state index is 12.0. The summed E-state index contributed by atoms with van der Waals surface area (Å²) in [6.45, 7) is 7.96. The highest BCUT2D eigenvalue weighted by Gasteiger charge is 2.30. The molecule has 0 spiro atoms. The first-order valence-corrected chi connectivity index (χ1v) is 7.64. The van der Waals surface area contributed by atoms with Crippen molar-refractivity contribution in [1.82, 2.24) is 9.03 Å². The zero-order valence-corrected chi connectivity index (χ0v) is 12.6. The van der Waals surface area contributed by atoms with E-state index in [1.54, 1.807) is 20.8 Å². The lowest BCUT2D eigenvalue weighted by Gasteiger charge is -2.28. The second kappa shape index (κ2) is 6.17. The van der Waals surface area contributed by atoms with E-state index >= 15 is 0 Å². The van der Waals surface area contributed by atoms with E-state index in [4.69, 9.17) is 9.47 Å². The summed E-state index contributed by atoms with van der Waals surface area (Å²) in [5.41, 5.74) is -0.643. The normalized spacial score (nSPS) is 20.0. The van der Waals surface area contributed by atoms with Crippen molar-refractivity contribution in [3.05, 3.63) is 0 Å². The molecule has 8 heteroatoms. The van der Waals surface area contributed by atoms with Gasteiger partial charge in [-0.3, -0.25) is 4.79 Å². The van der Waals surface area contributed by atoms with Crippen LogP contribution >= 0.6 is 0 Å². The van der Waals surface area contributed by atoms with E-state index in [0.29, 0.717) is 13.2 Å². The number of morpholine rings is 1. The van der Waals surface area contributed by atoms with Crippen molar-refractivity contribution in [2.45, 2.75) is 39.3 Å². The van der Waals surface area contributed by atoms with Gasteiger partial charge in [0.1, 0.15) is 11.6 Å². The van der Waals surface area contributed by atoms with Gasteiger partial charge in [0.2, 0.25) is 0 Å². The molecule has 7 nitrogen and oxygen atoms in total. The lowest BCUT2D eigenvalue weighted by molar-refractivity contribution is -0.156. The van der Waals surface area contributed by atoms with Crippen LogP contribution in [-0.2, 0) is 24.5 Å². The van der Waals surface area contributed by atoms with Gasteiger partial charge in [-0.15, -0.1) is 0 Å². The quantitative estimate of drug-likeness (QED) is 0.731. The van der Waals surface area contributed by atoms with Crippen molar-refractivity contribution in [3.63, 3.8) is 0 Å². The van der Waals surface area contributed by atoms with Gasteiger partial charge < -0.3 is 9.47 Å². The highest BCUT2D eigenvalue weighted by atomic mass is 32.2. The standard InChI is InChI=1S/C11H22N2O5S/c1-9(10(14)18-11(2,3)4)12-19(15,16)13-5-7-17-8-6-13/h9,12H,5-8H2,1-4H3/t9-/m1/s1. The molecule has 0 radical (unpaired) electrons. The minimum atomic E-state index is -3.68. The van der Waals surface area contributed by atoms with Crippen LogP contribution in [0.1, 0.15) is 27.7 Å². The first-order valence-electron chi connectivity index (χ1n) is 6.20. The third-order valence-electron chi connectivity index (χ3n) is 2.40. The molecule has 1 heterocycles. The van der Waals surface area contributed by atoms with Crippen molar-refractivity contribution in [2.75, 3.05) is 26.3 Å². The van der Waals surface area contributed by atoms with Gasteiger partial charge in [0.25, 0.3) is 10.2 Å². The van der Waals surface area contributed by atoms with Crippen molar-refractivity contribution in [1.29, 1.82) is 0 Å². The SMILES string of the molecule is C[C@@H](NS(=O)(=O)N1CCOCC1)C(=O)OC(C)(C)C. The minimum absolute atomic E-state index is 0.288. The number of nitrogens with one attached hydrogen (secondary N) is 1. The molecule has 112 valence electrons. The summed E-state index contributed by atoms with van der Waals surface area (Å²) >= 11 is 0.